The minimum Gasteiger partial charge on any atom is -0.594 e. The average molecular weight is 191 g/mol. The van der Waals surface area contributed by atoms with Gasteiger partial charge in [-0.25, -0.2) is 0 Å². The van der Waals surface area contributed by atoms with Gasteiger partial charge in [-0.05, 0) is 6.07 Å². The normalized spacial score (nSPS) is 10.3. The van der Waals surface area contributed by atoms with Crippen molar-refractivity contribution in [3.63, 3.8) is 0 Å². The molecule has 0 aliphatic heterocycles. The summed E-state index contributed by atoms with van der Waals surface area (Å²) < 4.78 is 0. The zero-order chi connectivity index (χ0) is 10.1. The lowest BCUT2D eigenvalue weighted by molar-refractivity contribution is -0.666. The van der Waals surface area contributed by atoms with Gasteiger partial charge in [0.05, 0.1) is 10.3 Å². The maximum absolute atomic E-state index is 10.8. The highest BCUT2D eigenvalue weighted by atomic mass is 16.6. The number of nitro benzene ring substituents is 1. The Hall–Kier alpha value is -2.24. The summed E-state index contributed by atoms with van der Waals surface area (Å²) in [5, 5.41) is 25.3. The maximum Gasteiger partial charge on any atom is 0.279 e. The first-order chi connectivity index (χ1) is 6.68. The second-order valence-corrected chi connectivity index (χ2v) is 2.69. The molecule has 0 aliphatic carbocycles. The summed E-state index contributed by atoms with van der Waals surface area (Å²) in [4.78, 5) is 10.5. The summed E-state index contributed by atoms with van der Waals surface area (Å²) >= 11 is 0. The number of rotatable bonds is 1. The summed E-state index contributed by atoms with van der Waals surface area (Å²) in [5.41, 5.74) is 0.271. The Morgan fingerprint density at radius 2 is 2.14 bits per heavy atom. The highest BCUT2D eigenvalue weighted by Crippen LogP contribution is 2.21. The number of fused-ring (bicyclic) bond motifs is 1. The molecule has 2 aromatic rings. The standard InChI is InChI=1S/C8H5N3O3/c12-10-5-4-6-7(9-10)2-1-3-8(6)11(13)14/h1-5H. The van der Waals surface area contributed by atoms with Crippen molar-refractivity contribution in [1.82, 2.24) is 5.10 Å². The molecule has 2 rings (SSSR count). The van der Waals surface area contributed by atoms with Gasteiger partial charge >= 0.3 is 0 Å². The third-order valence-electron chi connectivity index (χ3n) is 1.83. The number of hydrogen-bond donors (Lipinski definition) is 0. The van der Waals surface area contributed by atoms with Crippen molar-refractivity contribution in [2.45, 2.75) is 0 Å². The molecule has 0 fully saturated rings. The average Bonchev–Trinajstić information content (AvgIpc) is 2.16. The van der Waals surface area contributed by atoms with Crippen LogP contribution in [0.4, 0.5) is 5.69 Å². The Labute approximate surface area is 78.1 Å². The lowest BCUT2D eigenvalue weighted by atomic mass is 10.2. The number of nitrogens with zero attached hydrogens (tertiary/aromatic N) is 3. The molecular formula is C8H5N3O3. The van der Waals surface area contributed by atoms with Crippen LogP contribution in [0.2, 0.25) is 0 Å². The number of hydrogen-bond acceptors (Lipinski definition) is 4. The van der Waals surface area contributed by atoms with Crippen molar-refractivity contribution < 1.29 is 9.77 Å². The Kier molecular flexibility index (Phi) is 1.74. The third kappa shape index (κ3) is 1.22. The van der Waals surface area contributed by atoms with Gasteiger partial charge in [0, 0.05) is 17.2 Å². The van der Waals surface area contributed by atoms with Gasteiger partial charge in [-0.2, -0.15) is 0 Å². The van der Waals surface area contributed by atoms with Crippen LogP contribution in [0.15, 0.2) is 30.5 Å². The molecule has 6 nitrogen and oxygen atoms in total. The highest BCUT2D eigenvalue weighted by molar-refractivity contribution is 5.86. The van der Waals surface area contributed by atoms with E-state index < -0.39 is 4.92 Å². The van der Waals surface area contributed by atoms with Gasteiger partial charge in [-0.15, -0.1) is 0 Å². The Bertz CT molecular complexity index is 512. The van der Waals surface area contributed by atoms with E-state index in [4.69, 9.17) is 0 Å². The minimum atomic E-state index is -0.501. The molecule has 0 amide bonds. The van der Waals surface area contributed by atoms with Gasteiger partial charge in [-0.1, -0.05) is 10.9 Å². The molecule has 1 aromatic carbocycles. The number of aromatic nitrogens is 2. The molecular weight excluding hydrogens is 186 g/mol. The van der Waals surface area contributed by atoms with Crippen molar-refractivity contribution in [3.05, 3.63) is 45.8 Å². The van der Waals surface area contributed by atoms with E-state index in [2.05, 4.69) is 5.10 Å². The Balaban J connectivity index is 2.81. The molecule has 14 heavy (non-hydrogen) atoms. The van der Waals surface area contributed by atoms with Gasteiger partial charge in [0.15, 0.2) is 0 Å². The summed E-state index contributed by atoms with van der Waals surface area (Å²) in [6.07, 6.45) is 1.13. The molecule has 1 aromatic heterocycles. The molecule has 0 unspecified atom stereocenters. The minimum absolute atomic E-state index is 0.0457. The van der Waals surface area contributed by atoms with E-state index >= 15 is 0 Å². The van der Waals surface area contributed by atoms with E-state index in [0.717, 1.165) is 6.20 Å². The highest BCUT2D eigenvalue weighted by Gasteiger charge is 2.13. The molecule has 0 atom stereocenters. The van der Waals surface area contributed by atoms with Crippen molar-refractivity contribution in [2.75, 3.05) is 0 Å². The molecule has 70 valence electrons. The summed E-state index contributed by atoms with van der Waals surface area (Å²) in [7, 11) is 0. The molecule has 0 radical (unpaired) electrons. The van der Waals surface area contributed by atoms with Crippen molar-refractivity contribution >= 4 is 16.6 Å². The third-order valence-corrected chi connectivity index (χ3v) is 1.83. The quantitative estimate of drug-likeness (QED) is 0.288. The topological polar surface area (TPSA) is 83.0 Å². The molecule has 0 saturated heterocycles. The zero-order valence-corrected chi connectivity index (χ0v) is 6.95. The van der Waals surface area contributed by atoms with Crippen LogP contribution in [-0.4, -0.2) is 10.0 Å². The fraction of sp³-hybridized carbons (Fsp3) is 0. The van der Waals surface area contributed by atoms with E-state index in [1.54, 1.807) is 6.07 Å². The number of non-ortho nitro benzene ring substituents is 1. The fourth-order valence-corrected chi connectivity index (χ4v) is 1.24. The van der Waals surface area contributed by atoms with E-state index in [-0.39, 0.29) is 5.69 Å². The predicted molar refractivity (Wildman–Crippen MR) is 47.4 cm³/mol. The number of nitro groups is 1. The van der Waals surface area contributed by atoms with Gasteiger partial charge in [0.25, 0.3) is 5.69 Å². The predicted octanol–water partition coefficient (Wildman–Crippen LogP) is 0.776. The lowest BCUT2D eigenvalue weighted by Gasteiger charge is -1.97. The zero-order valence-electron chi connectivity index (χ0n) is 6.95. The molecule has 0 bridgehead atoms. The van der Waals surface area contributed by atoms with E-state index in [1.165, 1.54) is 18.2 Å². The summed E-state index contributed by atoms with van der Waals surface area (Å²) in [6, 6.07) is 5.80. The molecule has 0 N–H and O–H groups in total. The van der Waals surface area contributed by atoms with E-state index in [0.29, 0.717) is 15.7 Å². The molecule has 0 aliphatic rings. The maximum atomic E-state index is 10.8. The van der Waals surface area contributed by atoms with Gasteiger partial charge in [0.1, 0.15) is 5.52 Å². The fourth-order valence-electron chi connectivity index (χ4n) is 1.24. The van der Waals surface area contributed by atoms with Gasteiger partial charge < -0.3 is 5.21 Å². The van der Waals surface area contributed by atoms with Crippen LogP contribution in [0.5, 0.6) is 0 Å². The Morgan fingerprint density at radius 1 is 1.36 bits per heavy atom. The van der Waals surface area contributed by atoms with Crippen molar-refractivity contribution in [2.24, 2.45) is 0 Å². The SMILES string of the molecule is O=[N+]([O-])c1cccc2n[n+]([O-])ccc12. The summed E-state index contributed by atoms with van der Waals surface area (Å²) in [5.74, 6) is 0. The van der Waals surface area contributed by atoms with Crippen LogP contribution < -0.4 is 4.85 Å². The first-order valence-corrected chi connectivity index (χ1v) is 3.82. The first-order valence-electron chi connectivity index (χ1n) is 3.82. The largest absolute Gasteiger partial charge is 0.594 e. The van der Waals surface area contributed by atoms with Gasteiger partial charge in [-0.3, -0.25) is 10.1 Å². The van der Waals surface area contributed by atoms with Crippen LogP contribution in [0.25, 0.3) is 10.9 Å². The van der Waals surface area contributed by atoms with Crippen molar-refractivity contribution in [1.29, 1.82) is 0 Å². The van der Waals surface area contributed by atoms with Crippen LogP contribution in [0.1, 0.15) is 0 Å². The first kappa shape index (κ1) is 8.36. The van der Waals surface area contributed by atoms with E-state index in [9.17, 15) is 15.3 Å². The molecule has 1 heterocycles. The van der Waals surface area contributed by atoms with Crippen LogP contribution >= 0.6 is 0 Å². The van der Waals surface area contributed by atoms with Crippen LogP contribution in [0.3, 0.4) is 0 Å². The van der Waals surface area contributed by atoms with Crippen LogP contribution in [0, 0.1) is 15.3 Å². The monoisotopic (exact) mass is 191 g/mol. The van der Waals surface area contributed by atoms with E-state index in [1.807, 2.05) is 0 Å². The molecule has 0 spiro atoms. The summed E-state index contributed by atoms with van der Waals surface area (Å²) in [6.45, 7) is 0. The lowest BCUT2D eigenvalue weighted by Crippen LogP contribution is -2.29. The molecule has 6 heteroatoms. The second kappa shape index (κ2) is 2.91. The second-order valence-electron chi connectivity index (χ2n) is 2.69. The number of benzene rings is 1. The molecule has 0 saturated carbocycles. The van der Waals surface area contributed by atoms with Crippen LogP contribution in [-0.2, 0) is 0 Å². The Morgan fingerprint density at radius 3 is 2.86 bits per heavy atom. The van der Waals surface area contributed by atoms with Gasteiger partial charge in [0.2, 0.25) is 6.20 Å². The van der Waals surface area contributed by atoms with Crippen molar-refractivity contribution in [3.8, 4) is 0 Å². The smallest absolute Gasteiger partial charge is 0.279 e.